The number of rotatable bonds is 8. The molecule has 0 saturated carbocycles. The summed E-state index contributed by atoms with van der Waals surface area (Å²) in [5, 5.41) is 32.3. The fraction of sp³-hybridized carbons (Fsp3) is 0.147. The second-order valence-corrected chi connectivity index (χ2v) is 11.0. The van der Waals surface area contributed by atoms with Crippen LogP contribution in [0, 0.1) is 0 Å². The number of pyridine rings is 1. The molecular weight excluding hydrogens is 618 g/mol. The lowest BCUT2D eigenvalue weighted by atomic mass is 9.94. The molecular formula is C34H31N7O7. The Balaban J connectivity index is 0.000000503. The van der Waals surface area contributed by atoms with Gasteiger partial charge in [0.15, 0.2) is 5.65 Å². The third kappa shape index (κ3) is 7.03. The number of hydrogen-bond acceptors (Lipinski definition) is 11. The number of nitrogens with two attached hydrogens (primary N) is 1. The fourth-order valence-electron chi connectivity index (χ4n) is 5.28. The number of aromatic hydroxyl groups is 1. The Kier molecular flexibility index (Phi) is 9.56. The number of carboxylic acids is 2. The van der Waals surface area contributed by atoms with Crippen LogP contribution in [0.2, 0.25) is 0 Å². The summed E-state index contributed by atoms with van der Waals surface area (Å²) in [6.45, 7) is 2.66. The maximum absolute atomic E-state index is 13.2. The van der Waals surface area contributed by atoms with Crippen LogP contribution in [0.1, 0.15) is 24.3 Å². The van der Waals surface area contributed by atoms with Gasteiger partial charge in [0, 0.05) is 41.4 Å². The molecule has 14 nitrogen and oxygen atoms in total. The number of aromatic nitrogens is 5. The lowest BCUT2D eigenvalue weighted by molar-refractivity contribution is -0.134. The zero-order chi connectivity index (χ0) is 34.5. The molecule has 0 spiro atoms. The minimum absolute atomic E-state index is 0.0101. The first-order chi connectivity index (χ1) is 22.9. The first-order valence-electron chi connectivity index (χ1n) is 14.5. The van der Waals surface area contributed by atoms with E-state index in [1.54, 1.807) is 23.0 Å². The van der Waals surface area contributed by atoms with Gasteiger partial charge in [-0.2, -0.15) is 5.10 Å². The van der Waals surface area contributed by atoms with Crippen LogP contribution in [0.3, 0.4) is 0 Å². The largest absolute Gasteiger partial charge is 0.506 e. The Hall–Kier alpha value is -6.41. The molecule has 0 radical (unpaired) electrons. The molecule has 0 saturated heterocycles. The maximum atomic E-state index is 13.2. The van der Waals surface area contributed by atoms with Gasteiger partial charge in [-0.05, 0) is 50.3 Å². The minimum atomic E-state index is -1.26. The monoisotopic (exact) mass is 649 g/mol. The fourth-order valence-corrected chi connectivity index (χ4v) is 5.28. The first-order valence-corrected chi connectivity index (χ1v) is 14.5. The van der Waals surface area contributed by atoms with E-state index in [1.807, 2.05) is 51.4 Å². The standard InChI is InChI=1S/C30H27N7O3.C4H4O4/c1-17(37-29-25(28(31)33-16-34-29)26(35-37)20-12-21(38)14-32-13-20)27-24(19-8-6-7-18(11-19)15-36(2)3)22-9-4-5-10-23(22)30(39)40-27;5-3(6)1-2-4(7)8/h4-14,16-17,38H,15H2,1-3H3,(H2,31,33,34);1-2H,(H,5,6)(H,7,8)/b;2-1-. The van der Waals surface area contributed by atoms with Crippen LogP contribution in [0.5, 0.6) is 5.75 Å². The van der Waals surface area contributed by atoms with Crippen LogP contribution in [0.25, 0.3) is 44.2 Å². The molecule has 244 valence electrons. The molecule has 6 rings (SSSR count). The lowest BCUT2D eigenvalue weighted by Gasteiger charge is -2.19. The van der Waals surface area contributed by atoms with E-state index < -0.39 is 23.6 Å². The van der Waals surface area contributed by atoms with Gasteiger partial charge >= 0.3 is 17.6 Å². The van der Waals surface area contributed by atoms with Crippen molar-refractivity contribution in [3.63, 3.8) is 0 Å². The number of aliphatic carboxylic acids is 2. The summed E-state index contributed by atoms with van der Waals surface area (Å²) in [4.78, 5) is 47.2. The van der Waals surface area contributed by atoms with Crippen LogP contribution >= 0.6 is 0 Å². The summed E-state index contributed by atoms with van der Waals surface area (Å²) < 4.78 is 7.75. The molecule has 0 bridgehead atoms. The van der Waals surface area contributed by atoms with E-state index in [9.17, 15) is 19.5 Å². The van der Waals surface area contributed by atoms with Crippen molar-refractivity contribution in [2.45, 2.75) is 19.5 Å². The summed E-state index contributed by atoms with van der Waals surface area (Å²) in [6.07, 6.45) is 5.41. The predicted molar refractivity (Wildman–Crippen MR) is 178 cm³/mol. The van der Waals surface area contributed by atoms with Gasteiger partial charge in [-0.15, -0.1) is 0 Å². The molecule has 5 N–H and O–H groups in total. The van der Waals surface area contributed by atoms with E-state index in [-0.39, 0.29) is 11.6 Å². The summed E-state index contributed by atoms with van der Waals surface area (Å²) in [5.41, 5.74) is 10.2. The summed E-state index contributed by atoms with van der Waals surface area (Å²) in [7, 11) is 4.04. The maximum Gasteiger partial charge on any atom is 0.343 e. The molecule has 0 fully saturated rings. The van der Waals surface area contributed by atoms with Gasteiger partial charge in [0.05, 0.1) is 17.0 Å². The molecule has 1 unspecified atom stereocenters. The van der Waals surface area contributed by atoms with Gasteiger partial charge in [-0.25, -0.2) is 29.0 Å². The van der Waals surface area contributed by atoms with Gasteiger partial charge in [0.1, 0.15) is 35.4 Å². The van der Waals surface area contributed by atoms with Crippen molar-refractivity contribution in [1.29, 1.82) is 0 Å². The van der Waals surface area contributed by atoms with Crippen LogP contribution in [0.4, 0.5) is 5.82 Å². The molecule has 0 aliphatic heterocycles. The normalized spacial score (nSPS) is 11.9. The van der Waals surface area contributed by atoms with Crippen molar-refractivity contribution in [2.24, 2.45) is 0 Å². The third-order valence-corrected chi connectivity index (χ3v) is 7.21. The molecule has 0 aliphatic carbocycles. The van der Waals surface area contributed by atoms with E-state index in [0.29, 0.717) is 45.6 Å². The van der Waals surface area contributed by atoms with E-state index in [4.69, 9.17) is 25.5 Å². The van der Waals surface area contributed by atoms with Crippen LogP contribution in [-0.2, 0) is 16.1 Å². The van der Waals surface area contributed by atoms with Crippen LogP contribution < -0.4 is 11.4 Å². The Morgan fingerprint density at radius 3 is 2.35 bits per heavy atom. The summed E-state index contributed by atoms with van der Waals surface area (Å²) >= 11 is 0. The molecule has 14 heteroatoms. The Bertz CT molecular complexity index is 2230. The Morgan fingerprint density at radius 1 is 0.979 bits per heavy atom. The Morgan fingerprint density at radius 2 is 1.69 bits per heavy atom. The highest BCUT2D eigenvalue weighted by Gasteiger charge is 2.27. The van der Waals surface area contributed by atoms with Crippen molar-refractivity contribution >= 4 is 39.6 Å². The van der Waals surface area contributed by atoms with E-state index >= 15 is 0 Å². The Labute approximate surface area is 273 Å². The van der Waals surface area contributed by atoms with E-state index in [1.165, 1.54) is 12.5 Å². The highest BCUT2D eigenvalue weighted by Crippen LogP contribution is 2.38. The number of anilines is 1. The molecule has 1 atom stereocenters. The molecule has 4 heterocycles. The molecule has 4 aromatic heterocycles. The minimum Gasteiger partial charge on any atom is -0.506 e. The first kappa shape index (κ1) is 33.0. The van der Waals surface area contributed by atoms with Crippen molar-refractivity contribution in [1.82, 2.24) is 29.6 Å². The number of carboxylic acid groups (broad SMARTS) is 2. The quantitative estimate of drug-likeness (QED) is 0.169. The SMILES string of the molecule is CC(c1oc(=O)c2ccccc2c1-c1cccc(CN(C)C)c1)n1nc(-c2cncc(O)c2)c2c(N)ncnc21.O=C(O)/C=C\C(=O)O. The number of carbonyl (C=O) groups is 2. The van der Waals surface area contributed by atoms with Gasteiger partial charge in [-0.1, -0.05) is 36.4 Å². The zero-order valence-corrected chi connectivity index (χ0v) is 26.1. The smallest absolute Gasteiger partial charge is 0.343 e. The third-order valence-electron chi connectivity index (χ3n) is 7.21. The molecule has 48 heavy (non-hydrogen) atoms. The van der Waals surface area contributed by atoms with Gasteiger partial charge < -0.3 is 30.4 Å². The van der Waals surface area contributed by atoms with Gasteiger partial charge in [-0.3, -0.25) is 4.98 Å². The summed E-state index contributed by atoms with van der Waals surface area (Å²) in [5.74, 6) is -1.85. The second-order valence-electron chi connectivity index (χ2n) is 11.0. The van der Waals surface area contributed by atoms with E-state index in [2.05, 4.69) is 32.0 Å². The predicted octanol–water partition coefficient (Wildman–Crippen LogP) is 4.33. The van der Waals surface area contributed by atoms with Crippen molar-refractivity contribution in [3.8, 4) is 28.1 Å². The van der Waals surface area contributed by atoms with Crippen LogP contribution in [-0.4, -0.2) is 71.0 Å². The highest BCUT2D eigenvalue weighted by atomic mass is 16.4. The highest BCUT2D eigenvalue weighted by molar-refractivity contribution is 5.99. The van der Waals surface area contributed by atoms with Crippen molar-refractivity contribution in [3.05, 3.63) is 107 Å². The van der Waals surface area contributed by atoms with Gasteiger partial charge in [0.25, 0.3) is 0 Å². The lowest BCUT2D eigenvalue weighted by Crippen LogP contribution is -2.15. The number of nitrogens with zero attached hydrogens (tertiary/aromatic N) is 6. The molecule has 6 aromatic rings. The number of hydrogen-bond donors (Lipinski definition) is 4. The average Bonchev–Trinajstić information content (AvgIpc) is 3.45. The molecule has 0 aliphatic rings. The van der Waals surface area contributed by atoms with E-state index in [0.717, 1.165) is 28.6 Å². The second kappa shape index (κ2) is 13.9. The van der Waals surface area contributed by atoms with Crippen molar-refractivity contribution in [2.75, 3.05) is 19.8 Å². The van der Waals surface area contributed by atoms with Gasteiger partial charge in [0.2, 0.25) is 0 Å². The topological polar surface area (TPSA) is 211 Å². The number of fused-ring (bicyclic) bond motifs is 2. The van der Waals surface area contributed by atoms with Crippen molar-refractivity contribution < 1.29 is 29.3 Å². The molecule has 2 aromatic carbocycles. The number of benzene rings is 2. The molecule has 0 amide bonds. The van der Waals surface area contributed by atoms with Crippen LogP contribution in [0.15, 0.2) is 94.7 Å². The summed E-state index contributed by atoms with van der Waals surface area (Å²) in [6, 6.07) is 16.6. The average molecular weight is 650 g/mol. The zero-order valence-electron chi connectivity index (χ0n) is 26.1. The number of nitrogen functional groups attached to an aromatic ring is 1.